The Morgan fingerprint density at radius 2 is 1.54 bits per heavy atom. The number of esters is 1. The van der Waals surface area contributed by atoms with Crippen molar-refractivity contribution in [1.29, 1.82) is 0 Å². The SMILES string of the molecule is CCOC(=O)C=C(C)c1ccc(C(=O)c2ccc(C(C)C)cc2C(C)C)cc1. The smallest absolute Gasteiger partial charge is 0.331 e. The maximum atomic E-state index is 13.1. The second-order valence-electron chi connectivity index (χ2n) is 7.64. The molecule has 148 valence electrons. The van der Waals surface area contributed by atoms with Gasteiger partial charge in [-0.15, -0.1) is 0 Å². The van der Waals surface area contributed by atoms with Crippen molar-refractivity contribution in [2.45, 2.75) is 53.4 Å². The van der Waals surface area contributed by atoms with Crippen molar-refractivity contribution in [3.8, 4) is 0 Å². The number of allylic oxidation sites excluding steroid dienone is 1. The van der Waals surface area contributed by atoms with Crippen LogP contribution < -0.4 is 0 Å². The summed E-state index contributed by atoms with van der Waals surface area (Å²) in [4.78, 5) is 24.7. The number of ketones is 1. The van der Waals surface area contributed by atoms with E-state index in [9.17, 15) is 9.59 Å². The van der Waals surface area contributed by atoms with Crippen molar-refractivity contribution < 1.29 is 14.3 Å². The lowest BCUT2D eigenvalue weighted by Crippen LogP contribution is -2.08. The molecule has 0 amide bonds. The molecule has 0 saturated carbocycles. The molecule has 0 unspecified atom stereocenters. The van der Waals surface area contributed by atoms with Crippen LogP contribution in [-0.4, -0.2) is 18.4 Å². The van der Waals surface area contributed by atoms with Crippen molar-refractivity contribution in [3.05, 3.63) is 76.4 Å². The highest BCUT2D eigenvalue weighted by Gasteiger charge is 2.17. The Labute approximate surface area is 168 Å². The van der Waals surface area contributed by atoms with Gasteiger partial charge in [0.25, 0.3) is 0 Å². The van der Waals surface area contributed by atoms with E-state index in [-0.39, 0.29) is 17.7 Å². The summed E-state index contributed by atoms with van der Waals surface area (Å²) in [6.45, 7) is 12.5. The molecule has 0 N–H and O–H groups in total. The Morgan fingerprint density at radius 3 is 2.07 bits per heavy atom. The van der Waals surface area contributed by atoms with Gasteiger partial charge in [-0.05, 0) is 47.9 Å². The summed E-state index contributed by atoms with van der Waals surface area (Å²) in [5.74, 6) is 0.367. The van der Waals surface area contributed by atoms with Crippen LogP contribution >= 0.6 is 0 Å². The van der Waals surface area contributed by atoms with Crippen molar-refractivity contribution in [1.82, 2.24) is 0 Å². The van der Waals surface area contributed by atoms with E-state index in [0.29, 0.717) is 18.1 Å². The topological polar surface area (TPSA) is 43.4 Å². The van der Waals surface area contributed by atoms with Crippen molar-refractivity contribution in [3.63, 3.8) is 0 Å². The number of carbonyl (C=O) groups is 2. The molecule has 0 atom stereocenters. The highest BCUT2D eigenvalue weighted by Crippen LogP contribution is 2.27. The molecule has 2 rings (SSSR count). The molecular weight excluding hydrogens is 348 g/mol. The lowest BCUT2D eigenvalue weighted by molar-refractivity contribution is -0.137. The normalized spacial score (nSPS) is 11.8. The molecule has 2 aromatic carbocycles. The van der Waals surface area contributed by atoms with Gasteiger partial charge < -0.3 is 4.74 Å². The van der Waals surface area contributed by atoms with Gasteiger partial charge in [-0.3, -0.25) is 4.79 Å². The van der Waals surface area contributed by atoms with E-state index in [1.807, 2.05) is 43.3 Å². The zero-order valence-electron chi connectivity index (χ0n) is 17.7. The molecule has 0 spiro atoms. The minimum absolute atomic E-state index is 0.0255. The minimum atomic E-state index is -0.355. The largest absolute Gasteiger partial charge is 0.463 e. The molecule has 0 aliphatic rings. The van der Waals surface area contributed by atoms with Gasteiger partial charge in [0.15, 0.2) is 5.78 Å². The molecule has 0 aliphatic carbocycles. The first kappa shape index (κ1) is 21.6. The predicted octanol–water partition coefficient (Wildman–Crippen LogP) is 6.13. The van der Waals surface area contributed by atoms with E-state index in [1.165, 1.54) is 11.6 Å². The molecule has 0 fully saturated rings. The third-order valence-electron chi connectivity index (χ3n) is 4.83. The fourth-order valence-electron chi connectivity index (χ4n) is 3.11. The highest BCUT2D eigenvalue weighted by atomic mass is 16.5. The third kappa shape index (κ3) is 5.19. The molecule has 0 radical (unpaired) electrons. The van der Waals surface area contributed by atoms with Crippen LogP contribution in [0.5, 0.6) is 0 Å². The van der Waals surface area contributed by atoms with Crippen LogP contribution in [0.4, 0.5) is 0 Å². The number of carbonyl (C=O) groups excluding carboxylic acids is 2. The summed E-state index contributed by atoms with van der Waals surface area (Å²) in [6, 6.07) is 13.5. The molecular formula is C25H30O3. The molecule has 0 saturated heterocycles. The van der Waals surface area contributed by atoms with Crippen LogP contribution in [0.15, 0.2) is 48.5 Å². The van der Waals surface area contributed by atoms with E-state index in [2.05, 4.69) is 33.8 Å². The Kier molecular flexibility index (Phi) is 7.33. The molecule has 0 bridgehead atoms. The van der Waals surface area contributed by atoms with Crippen LogP contribution in [0.2, 0.25) is 0 Å². The summed E-state index contributed by atoms with van der Waals surface area (Å²) in [5.41, 5.74) is 5.43. The van der Waals surface area contributed by atoms with E-state index < -0.39 is 0 Å². The molecule has 2 aromatic rings. The second kappa shape index (κ2) is 9.50. The van der Waals surface area contributed by atoms with E-state index in [0.717, 1.165) is 22.3 Å². The minimum Gasteiger partial charge on any atom is -0.463 e. The van der Waals surface area contributed by atoms with Crippen LogP contribution in [0, 0.1) is 0 Å². The van der Waals surface area contributed by atoms with Gasteiger partial charge in [-0.25, -0.2) is 4.79 Å². The fourth-order valence-corrected chi connectivity index (χ4v) is 3.11. The molecule has 0 aliphatic heterocycles. The van der Waals surface area contributed by atoms with Crippen molar-refractivity contribution in [2.24, 2.45) is 0 Å². The summed E-state index contributed by atoms with van der Waals surface area (Å²) in [6.07, 6.45) is 1.47. The van der Waals surface area contributed by atoms with Gasteiger partial charge in [-0.1, -0.05) is 70.2 Å². The molecule has 3 heteroatoms. The van der Waals surface area contributed by atoms with E-state index >= 15 is 0 Å². The standard InChI is InChI=1S/C25H30O3/c1-7-28-24(26)14-18(6)19-8-10-20(11-9-19)25(27)22-13-12-21(16(2)3)15-23(22)17(4)5/h8-17H,7H2,1-6H3. The predicted molar refractivity (Wildman–Crippen MR) is 115 cm³/mol. The first-order chi connectivity index (χ1) is 13.2. The van der Waals surface area contributed by atoms with E-state index in [4.69, 9.17) is 4.74 Å². The lowest BCUT2D eigenvalue weighted by Gasteiger charge is -2.16. The Hall–Kier alpha value is -2.68. The zero-order chi connectivity index (χ0) is 20.8. The number of rotatable bonds is 7. The Bertz CT molecular complexity index is 871. The van der Waals surface area contributed by atoms with Crippen LogP contribution in [-0.2, 0) is 9.53 Å². The van der Waals surface area contributed by atoms with Gasteiger partial charge in [0.05, 0.1) is 6.61 Å². The third-order valence-corrected chi connectivity index (χ3v) is 4.83. The zero-order valence-corrected chi connectivity index (χ0v) is 17.7. The first-order valence-electron chi connectivity index (χ1n) is 9.88. The van der Waals surface area contributed by atoms with Crippen LogP contribution in [0.25, 0.3) is 5.57 Å². The monoisotopic (exact) mass is 378 g/mol. The number of benzene rings is 2. The average Bonchev–Trinajstić information content (AvgIpc) is 2.67. The average molecular weight is 379 g/mol. The van der Waals surface area contributed by atoms with Gasteiger partial charge in [0, 0.05) is 17.2 Å². The van der Waals surface area contributed by atoms with Gasteiger partial charge in [0.1, 0.15) is 0 Å². The molecule has 0 heterocycles. The maximum Gasteiger partial charge on any atom is 0.331 e. The molecule has 28 heavy (non-hydrogen) atoms. The summed E-state index contributed by atoms with van der Waals surface area (Å²) in [7, 11) is 0. The highest BCUT2D eigenvalue weighted by molar-refractivity contribution is 6.10. The summed E-state index contributed by atoms with van der Waals surface area (Å²) in [5, 5.41) is 0. The summed E-state index contributed by atoms with van der Waals surface area (Å²) >= 11 is 0. The summed E-state index contributed by atoms with van der Waals surface area (Å²) < 4.78 is 4.95. The Morgan fingerprint density at radius 1 is 0.929 bits per heavy atom. The quantitative estimate of drug-likeness (QED) is 0.331. The van der Waals surface area contributed by atoms with Gasteiger partial charge >= 0.3 is 5.97 Å². The van der Waals surface area contributed by atoms with E-state index in [1.54, 1.807) is 6.92 Å². The number of hydrogen-bond donors (Lipinski definition) is 0. The lowest BCUT2D eigenvalue weighted by atomic mass is 9.88. The fraction of sp³-hybridized carbons (Fsp3) is 0.360. The molecule has 0 aromatic heterocycles. The van der Waals surface area contributed by atoms with Crippen molar-refractivity contribution in [2.75, 3.05) is 6.61 Å². The van der Waals surface area contributed by atoms with Crippen molar-refractivity contribution >= 4 is 17.3 Å². The van der Waals surface area contributed by atoms with Gasteiger partial charge in [0.2, 0.25) is 0 Å². The van der Waals surface area contributed by atoms with Gasteiger partial charge in [-0.2, -0.15) is 0 Å². The maximum absolute atomic E-state index is 13.1. The number of ether oxygens (including phenoxy) is 1. The first-order valence-corrected chi connectivity index (χ1v) is 9.88. The number of hydrogen-bond acceptors (Lipinski definition) is 3. The second-order valence-corrected chi connectivity index (χ2v) is 7.64. The van der Waals surface area contributed by atoms with Crippen LogP contribution in [0.1, 0.15) is 86.0 Å². The van der Waals surface area contributed by atoms with Crippen LogP contribution in [0.3, 0.4) is 0 Å². The Balaban J connectivity index is 2.32. The molecule has 3 nitrogen and oxygen atoms in total.